The van der Waals surface area contributed by atoms with Gasteiger partial charge < -0.3 is 10.5 Å². The molecule has 0 amide bonds. The molecule has 0 saturated carbocycles. The number of hydrogen-bond donors (Lipinski definition) is 1. The Bertz CT molecular complexity index is 120. The van der Waals surface area contributed by atoms with Gasteiger partial charge in [-0.1, -0.05) is 0 Å². The molecule has 2 N–H and O–H groups in total. The number of hydrogen-bond acceptors (Lipinski definition) is 4. The Balaban J connectivity index is 2.23. The fraction of sp³-hybridized carbons (Fsp3) is 1.00. The first-order valence-corrected chi connectivity index (χ1v) is 3.94. The molecule has 0 radical (unpaired) electrons. The summed E-state index contributed by atoms with van der Waals surface area (Å²) >= 11 is 0. The molecule has 11 heavy (non-hydrogen) atoms. The fourth-order valence-corrected chi connectivity index (χ4v) is 1.38. The van der Waals surface area contributed by atoms with E-state index in [0.717, 1.165) is 26.2 Å². The number of likely N-dealkylation sites (N-methyl/N-ethyl adjacent to an activating group) is 1. The maximum atomic E-state index is 5.76. The van der Waals surface area contributed by atoms with Crippen molar-refractivity contribution in [2.75, 3.05) is 40.4 Å². The smallest absolute Gasteiger partial charge is 0.0603 e. The molecule has 0 aliphatic carbocycles. The molecule has 0 aromatic heterocycles. The molecule has 66 valence electrons. The lowest BCUT2D eigenvalue weighted by Crippen LogP contribution is -2.35. The number of nitrogens with zero attached hydrogens (tertiary/aromatic N) is 2. The van der Waals surface area contributed by atoms with Gasteiger partial charge in [-0.05, 0) is 0 Å². The normalized spacial score (nSPS) is 28.1. The van der Waals surface area contributed by atoms with Crippen LogP contribution in [0.15, 0.2) is 0 Å². The van der Waals surface area contributed by atoms with Crippen molar-refractivity contribution < 1.29 is 4.74 Å². The molecule has 0 aromatic rings. The molecule has 0 bridgehead atoms. The first-order valence-electron chi connectivity index (χ1n) is 3.94. The van der Waals surface area contributed by atoms with Crippen molar-refractivity contribution in [3.8, 4) is 0 Å². The highest BCUT2D eigenvalue weighted by molar-refractivity contribution is 4.76. The molecule has 1 unspecified atom stereocenters. The Morgan fingerprint density at radius 3 is 2.73 bits per heavy atom. The van der Waals surface area contributed by atoms with E-state index in [1.54, 1.807) is 7.11 Å². The van der Waals surface area contributed by atoms with Crippen molar-refractivity contribution >= 4 is 0 Å². The summed E-state index contributed by atoms with van der Waals surface area (Å²) in [5, 5.41) is 4.37. The van der Waals surface area contributed by atoms with E-state index in [-0.39, 0.29) is 0 Å². The first-order chi connectivity index (χ1) is 5.24. The van der Waals surface area contributed by atoms with Gasteiger partial charge in [0.05, 0.1) is 6.61 Å². The Kier molecular flexibility index (Phi) is 3.26. The molecule has 1 aliphatic heterocycles. The third-order valence-electron chi connectivity index (χ3n) is 1.98. The van der Waals surface area contributed by atoms with Crippen molar-refractivity contribution in [3.63, 3.8) is 0 Å². The second-order valence-corrected chi connectivity index (χ2v) is 3.01. The molecule has 4 heteroatoms. The fourth-order valence-electron chi connectivity index (χ4n) is 1.38. The van der Waals surface area contributed by atoms with Gasteiger partial charge >= 0.3 is 0 Å². The molecule has 0 aromatic carbocycles. The van der Waals surface area contributed by atoms with E-state index in [0.29, 0.717) is 6.04 Å². The number of ether oxygens (including phenoxy) is 1. The van der Waals surface area contributed by atoms with Gasteiger partial charge in [-0.3, -0.25) is 0 Å². The van der Waals surface area contributed by atoms with Crippen LogP contribution in [0.25, 0.3) is 0 Å². The van der Waals surface area contributed by atoms with E-state index in [4.69, 9.17) is 10.5 Å². The zero-order valence-corrected chi connectivity index (χ0v) is 7.29. The van der Waals surface area contributed by atoms with E-state index in [1.807, 2.05) is 0 Å². The largest absolute Gasteiger partial charge is 0.383 e. The van der Waals surface area contributed by atoms with Crippen LogP contribution >= 0.6 is 0 Å². The maximum absolute atomic E-state index is 5.76. The highest BCUT2D eigenvalue weighted by Gasteiger charge is 2.23. The minimum atomic E-state index is 0.303. The molecule has 0 spiro atoms. The van der Waals surface area contributed by atoms with Crippen LogP contribution in [0.5, 0.6) is 0 Å². The zero-order valence-electron chi connectivity index (χ0n) is 7.29. The number of nitrogens with two attached hydrogens (primary N) is 1. The quantitative estimate of drug-likeness (QED) is 0.581. The van der Waals surface area contributed by atoms with Crippen LogP contribution in [0, 0.1) is 0 Å². The van der Waals surface area contributed by atoms with E-state index in [1.165, 1.54) is 0 Å². The van der Waals surface area contributed by atoms with Gasteiger partial charge in [0.1, 0.15) is 0 Å². The van der Waals surface area contributed by atoms with E-state index < -0.39 is 0 Å². The molecule has 4 nitrogen and oxygen atoms in total. The van der Waals surface area contributed by atoms with Gasteiger partial charge in [0.2, 0.25) is 0 Å². The molecular weight excluding hydrogens is 142 g/mol. The van der Waals surface area contributed by atoms with Gasteiger partial charge in [-0.25, -0.2) is 10.0 Å². The molecule has 1 heterocycles. The average molecular weight is 159 g/mol. The molecular formula is C7H17N3O. The summed E-state index contributed by atoms with van der Waals surface area (Å²) in [4.78, 5) is 0. The Labute approximate surface area is 67.9 Å². The Hall–Kier alpha value is -0.160. The lowest BCUT2D eigenvalue weighted by Gasteiger charge is -2.22. The minimum Gasteiger partial charge on any atom is -0.383 e. The van der Waals surface area contributed by atoms with Gasteiger partial charge in [-0.15, -0.1) is 0 Å². The summed E-state index contributed by atoms with van der Waals surface area (Å²) in [7, 11) is 3.78. The van der Waals surface area contributed by atoms with Crippen molar-refractivity contribution in [1.82, 2.24) is 10.0 Å². The van der Waals surface area contributed by atoms with Crippen LogP contribution < -0.4 is 5.73 Å². The topological polar surface area (TPSA) is 41.7 Å². The van der Waals surface area contributed by atoms with Crippen LogP contribution in [0.1, 0.15) is 0 Å². The summed E-state index contributed by atoms with van der Waals surface area (Å²) in [5.41, 5.74) is 5.76. The third-order valence-corrected chi connectivity index (χ3v) is 1.98. The highest BCUT2D eigenvalue weighted by Crippen LogP contribution is 2.05. The number of rotatable bonds is 3. The van der Waals surface area contributed by atoms with Crippen molar-refractivity contribution in [1.29, 1.82) is 0 Å². The monoisotopic (exact) mass is 159 g/mol. The molecule has 1 fully saturated rings. The summed E-state index contributed by atoms with van der Waals surface area (Å²) < 4.78 is 4.98. The summed E-state index contributed by atoms with van der Waals surface area (Å²) in [6.07, 6.45) is 0. The predicted molar refractivity (Wildman–Crippen MR) is 44.1 cm³/mol. The zero-order chi connectivity index (χ0) is 8.27. The molecule has 1 aliphatic rings. The standard InChI is InChI=1S/C7H17N3O/c1-9-5-7(8)6-10(9)3-4-11-2/h7H,3-6,8H2,1-2H3. The molecule has 1 atom stereocenters. The van der Waals surface area contributed by atoms with E-state index in [9.17, 15) is 0 Å². The number of hydrazine groups is 1. The maximum Gasteiger partial charge on any atom is 0.0603 e. The van der Waals surface area contributed by atoms with Crippen molar-refractivity contribution in [2.45, 2.75) is 6.04 Å². The van der Waals surface area contributed by atoms with Crippen molar-refractivity contribution in [2.24, 2.45) is 5.73 Å². The molecule has 1 saturated heterocycles. The summed E-state index contributed by atoms with van der Waals surface area (Å²) in [5.74, 6) is 0. The van der Waals surface area contributed by atoms with Gasteiger partial charge in [0.25, 0.3) is 0 Å². The van der Waals surface area contributed by atoms with Crippen LogP contribution in [-0.4, -0.2) is 56.5 Å². The minimum absolute atomic E-state index is 0.303. The van der Waals surface area contributed by atoms with Crippen LogP contribution in [0.2, 0.25) is 0 Å². The van der Waals surface area contributed by atoms with Crippen LogP contribution in [0.4, 0.5) is 0 Å². The Morgan fingerprint density at radius 1 is 1.55 bits per heavy atom. The van der Waals surface area contributed by atoms with Gasteiger partial charge in [0.15, 0.2) is 0 Å². The van der Waals surface area contributed by atoms with Crippen LogP contribution in [0.3, 0.4) is 0 Å². The third kappa shape index (κ3) is 2.41. The summed E-state index contributed by atoms with van der Waals surface area (Å²) in [6, 6.07) is 0.303. The van der Waals surface area contributed by atoms with Gasteiger partial charge in [0, 0.05) is 39.8 Å². The highest BCUT2D eigenvalue weighted by atomic mass is 16.5. The lowest BCUT2D eigenvalue weighted by molar-refractivity contribution is 0.0290. The van der Waals surface area contributed by atoms with Crippen LogP contribution in [-0.2, 0) is 4.74 Å². The van der Waals surface area contributed by atoms with E-state index in [2.05, 4.69) is 17.1 Å². The predicted octanol–water partition coefficient (Wildman–Crippen LogP) is -0.877. The molecule has 1 rings (SSSR count). The first kappa shape index (κ1) is 8.93. The second kappa shape index (κ2) is 4.01. The van der Waals surface area contributed by atoms with Crippen molar-refractivity contribution in [3.05, 3.63) is 0 Å². The number of methoxy groups -OCH3 is 1. The summed E-state index contributed by atoms with van der Waals surface area (Å²) in [6.45, 7) is 3.64. The lowest BCUT2D eigenvalue weighted by atomic mass is 10.3. The average Bonchev–Trinajstić information content (AvgIpc) is 2.26. The van der Waals surface area contributed by atoms with E-state index >= 15 is 0 Å². The Morgan fingerprint density at radius 2 is 2.27 bits per heavy atom. The second-order valence-electron chi connectivity index (χ2n) is 3.01. The van der Waals surface area contributed by atoms with Gasteiger partial charge in [-0.2, -0.15) is 0 Å². The SMILES string of the molecule is COCCN1CC(N)CN1C.